The quantitative estimate of drug-likeness (QED) is 0.103. The van der Waals surface area contributed by atoms with Crippen LogP contribution in [0.25, 0.3) is 77.2 Å². The normalized spacial score (nSPS) is 17.1. The molecule has 5 aliphatic heterocycles. The summed E-state index contributed by atoms with van der Waals surface area (Å²) in [5.74, 6) is 9.04. The zero-order valence-electron chi connectivity index (χ0n) is 55.4. The Hall–Kier alpha value is -10.0. The number of rotatable bonds is 11. The Bertz CT molecular complexity index is 4580. The molecular formula is C81H81N7O9. The second-order valence-corrected chi connectivity index (χ2v) is 26.5. The lowest BCUT2D eigenvalue weighted by Crippen LogP contribution is -2.35. The first-order chi connectivity index (χ1) is 47.4. The Morgan fingerprint density at radius 1 is 0.505 bits per heavy atom. The first kappa shape index (κ1) is 65.6. The van der Waals surface area contributed by atoms with E-state index in [-0.39, 0.29) is 24.4 Å². The van der Waals surface area contributed by atoms with Gasteiger partial charge in [-0.15, -0.1) is 0 Å². The van der Waals surface area contributed by atoms with E-state index in [0.717, 1.165) is 168 Å². The summed E-state index contributed by atoms with van der Waals surface area (Å²) in [6.07, 6.45) is 15.0. The van der Waals surface area contributed by atoms with Crippen LogP contribution >= 0.6 is 0 Å². The van der Waals surface area contributed by atoms with Crippen LogP contribution in [0.1, 0.15) is 125 Å². The molecule has 494 valence electrons. The van der Waals surface area contributed by atoms with E-state index < -0.39 is 5.60 Å². The van der Waals surface area contributed by atoms with E-state index in [1.165, 1.54) is 23.1 Å². The Balaban J connectivity index is 0.000000132. The predicted molar refractivity (Wildman–Crippen MR) is 377 cm³/mol. The highest BCUT2D eigenvalue weighted by atomic mass is 16.6. The second-order valence-electron chi connectivity index (χ2n) is 26.5. The number of H-pyrrole nitrogens is 3. The monoisotopic (exact) mass is 1300 g/mol. The van der Waals surface area contributed by atoms with Gasteiger partial charge in [-0.1, -0.05) is 72.7 Å². The smallest absolute Gasteiger partial charge is 0.410 e. The standard InChI is InChI=1S/C29H31N3O4.C27H26N2O3.C25H24N2O2/c1-29(2,3)36-28(33)32-12-9-20(18-32)26-16-24-23(5-4-6-25(24)31-26)19-7-8-27(21(15-19)17-30)35-22-10-13-34-14-11-22;28-18-21-16-20(5-7-27(21)32-23-10-14-31-15-11-23)24-2-1-3-26-25(24)17-22(29-26)6-4-19-8-12-30-13-9-19;26-16-19-14-18(8-9-25(19)29-20-10-12-28-13-11-20)21-6-3-7-23-22(21)15-24(27-23)17-4-1-2-5-17/h4-9,15-16,22,31H,10-14,18H2,1-3H3;1-3,5,7,16-17,19,23,29H,8-15H2;3-4,6-9,14-15,20,27H,1-2,5,10-13H2. The number of hydrogen-bond acceptors (Lipinski definition) is 12. The zero-order chi connectivity index (χ0) is 66.7. The third-order valence-corrected chi connectivity index (χ3v) is 18.5. The van der Waals surface area contributed by atoms with Crippen LogP contribution in [0.15, 0.2) is 140 Å². The first-order valence-electron chi connectivity index (χ1n) is 34.1. The summed E-state index contributed by atoms with van der Waals surface area (Å²) in [6, 6.07) is 49.6. The van der Waals surface area contributed by atoms with E-state index in [0.29, 0.717) is 79.4 Å². The van der Waals surface area contributed by atoms with Gasteiger partial charge in [-0.25, -0.2) is 4.79 Å². The van der Waals surface area contributed by atoms with Crippen LogP contribution in [-0.2, 0) is 23.7 Å². The number of benzene rings is 6. The minimum Gasteiger partial charge on any atom is -0.489 e. The fourth-order valence-electron chi connectivity index (χ4n) is 13.4. The van der Waals surface area contributed by atoms with E-state index in [1.54, 1.807) is 4.90 Å². The fourth-order valence-corrected chi connectivity index (χ4v) is 13.4. The first-order valence-corrected chi connectivity index (χ1v) is 34.1. The van der Waals surface area contributed by atoms with Crippen molar-refractivity contribution in [1.82, 2.24) is 19.9 Å². The highest BCUT2D eigenvalue weighted by Gasteiger charge is 2.28. The van der Waals surface area contributed by atoms with E-state index in [4.69, 9.17) is 37.9 Å². The number of ether oxygens (including phenoxy) is 8. The minimum absolute atomic E-state index is 0.0762. The van der Waals surface area contributed by atoms with Crippen LogP contribution in [0.2, 0.25) is 0 Å². The molecule has 16 heteroatoms. The van der Waals surface area contributed by atoms with Gasteiger partial charge in [0.05, 0.1) is 68.6 Å². The Morgan fingerprint density at radius 3 is 1.35 bits per heavy atom. The molecule has 1 amide bonds. The Morgan fingerprint density at radius 2 is 0.928 bits per heavy atom. The van der Waals surface area contributed by atoms with Crippen molar-refractivity contribution in [2.75, 3.05) is 65.9 Å². The lowest BCUT2D eigenvalue weighted by molar-refractivity contribution is 0.0252. The van der Waals surface area contributed by atoms with Crippen molar-refractivity contribution in [3.05, 3.63) is 173 Å². The highest BCUT2D eigenvalue weighted by molar-refractivity contribution is 6.00. The SMILES string of the molecule is CC(C)(C)OC(=O)N1CC=C(c2cc3c(-c4ccc(OC5CCOCC5)c(C#N)c4)cccc3[nH]2)C1.N#Cc1cc(-c2cccc3[nH]c(C#CC4CCOCC4)cc23)ccc1OC1CCOCC1.N#Cc1cc(-c2cccc3[nH]c(C4=CCCC4)cc23)ccc1OC1CCOCC1. The number of carbonyl (C=O) groups is 1. The number of nitrogens with one attached hydrogen (secondary N) is 3. The molecule has 6 aromatic carbocycles. The summed E-state index contributed by atoms with van der Waals surface area (Å²) in [5.41, 5.74) is 16.1. The number of aromatic nitrogens is 3. The molecule has 0 unspecified atom stereocenters. The molecule has 6 aliphatic rings. The van der Waals surface area contributed by atoms with Gasteiger partial charge in [0.2, 0.25) is 0 Å². The number of aromatic amines is 3. The van der Waals surface area contributed by atoms with Crippen LogP contribution in [-0.4, -0.2) is 116 Å². The maximum atomic E-state index is 12.5. The number of fused-ring (bicyclic) bond motifs is 3. The molecule has 1 aliphatic carbocycles. The summed E-state index contributed by atoms with van der Waals surface area (Å²) in [7, 11) is 0. The number of amides is 1. The molecule has 15 rings (SSSR count). The topological polar surface area (TPSA) is 213 Å². The average Bonchev–Trinajstić information content (AvgIpc) is 1.70. The van der Waals surface area contributed by atoms with Gasteiger partial charge in [-0.05, 0) is 176 Å². The van der Waals surface area contributed by atoms with Crippen molar-refractivity contribution in [3.8, 4) is 80.7 Å². The van der Waals surface area contributed by atoms with Gasteiger partial charge in [-0.3, -0.25) is 0 Å². The van der Waals surface area contributed by atoms with Gasteiger partial charge >= 0.3 is 6.09 Å². The van der Waals surface area contributed by atoms with Gasteiger partial charge in [0.1, 0.15) is 59.4 Å². The molecule has 8 heterocycles. The zero-order valence-corrected chi connectivity index (χ0v) is 55.4. The molecule has 0 radical (unpaired) electrons. The van der Waals surface area contributed by atoms with E-state index in [9.17, 15) is 20.6 Å². The molecule has 4 saturated heterocycles. The Labute approximate surface area is 566 Å². The van der Waals surface area contributed by atoms with Gasteiger partial charge < -0.3 is 57.7 Å². The lowest BCUT2D eigenvalue weighted by Gasteiger charge is -2.24. The van der Waals surface area contributed by atoms with Gasteiger partial charge in [0.15, 0.2) is 0 Å². The third kappa shape index (κ3) is 15.9. The molecule has 9 aromatic rings. The van der Waals surface area contributed by atoms with E-state index in [1.807, 2.05) is 87.5 Å². The number of hydrogen-bond donors (Lipinski definition) is 3. The molecule has 0 spiro atoms. The molecule has 16 nitrogen and oxygen atoms in total. The maximum Gasteiger partial charge on any atom is 0.410 e. The van der Waals surface area contributed by atoms with Crippen LogP contribution in [0, 0.1) is 51.8 Å². The molecule has 97 heavy (non-hydrogen) atoms. The minimum atomic E-state index is -0.524. The number of nitrogens with zero attached hydrogens (tertiary/aromatic N) is 4. The van der Waals surface area contributed by atoms with Crippen LogP contribution in [0.4, 0.5) is 4.79 Å². The molecule has 0 saturated carbocycles. The molecule has 3 aromatic heterocycles. The van der Waals surface area contributed by atoms with Crippen LogP contribution in [0.3, 0.4) is 0 Å². The molecule has 3 N–H and O–H groups in total. The van der Waals surface area contributed by atoms with Crippen molar-refractivity contribution in [1.29, 1.82) is 15.8 Å². The second kappa shape index (κ2) is 30.4. The van der Waals surface area contributed by atoms with Crippen molar-refractivity contribution >= 4 is 49.9 Å². The van der Waals surface area contributed by atoms with E-state index in [2.05, 4.69) is 118 Å². The lowest BCUT2D eigenvalue weighted by atomic mass is 9.99. The fraction of sp³-hybridized carbons (Fsp3) is 0.358. The molecule has 4 fully saturated rings. The molecule has 0 atom stereocenters. The highest BCUT2D eigenvalue weighted by Crippen LogP contribution is 2.39. The van der Waals surface area contributed by atoms with Crippen LogP contribution in [0.5, 0.6) is 17.2 Å². The third-order valence-electron chi connectivity index (χ3n) is 18.5. The number of carbonyl (C=O) groups excluding carboxylic acids is 1. The van der Waals surface area contributed by atoms with Gasteiger partial charge in [0, 0.05) is 108 Å². The van der Waals surface area contributed by atoms with Gasteiger partial charge in [0.25, 0.3) is 0 Å². The Kier molecular flexibility index (Phi) is 20.5. The molecular weight excluding hydrogens is 1210 g/mol. The van der Waals surface area contributed by atoms with Gasteiger partial charge in [-0.2, -0.15) is 15.8 Å². The molecule has 0 bridgehead atoms. The summed E-state index contributed by atoms with van der Waals surface area (Å²) in [6.45, 7) is 12.5. The number of nitriles is 3. The summed E-state index contributed by atoms with van der Waals surface area (Å²) < 4.78 is 45.5. The van der Waals surface area contributed by atoms with Crippen molar-refractivity contribution in [2.24, 2.45) is 5.92 Å². The largest absolute Gasteiger partial charge is 0.489 e. The number of allylic oxidation sites excluding steroid dienone is 2. The van der Waals surface area contributed by atoms with Crippen molar-refractivity contribution < 1.29 is 42.7 Å². The van der Waals surface area contributed by atoms with Crippen molar-refractivity contribution in [2.45, 2.75) is 115 Å². The summed E-state index contributed by atoms with van der Waals surface area (Å²) in [5, 5.41) is 32.6. The average molecular weight is 1300 g/mol. The van der Waals surface area contributed by atoms with E-state index >= 15 is 0 Å². The van der Waals surface area contributed by atoms with Crippen molar-refractivity contribution in [3.63, 3.8) is 0 Å². The summed E-state index contributed by atoms with van der Waals surface area (Å²) in [4.78, 5) is 24.7. The maximum absolute atomic E-state index is 12.5. The van der Waals surface area contributed by atoms with Crippen LogP contribution < -0.4 is 14.2 Å². The predicted octanol–water partition coefficient (Wildman–Crippen LogP) is 16.8. The summed E-state index contributed by atoms with van der Waals surface area (Å²) >= 11 is 0.